The van der Waals surface area contributed by atoms with Gasteiger partial charge < -0.3 is 0 Å². The maximum atomic E-state index is 12.6. The smallest absolute Gasteiger partial charge is 0.189 e. The Morgan fingerprint density at radius 1 is 1.40 bits per heavy atom. The van der Waals surface area contributed by atoms with Crippen molar-refractivity contribution in [2.75, 3.05) is 0 Å². The van der Waals surface area contributed by atoms with E-state index in [0.29, 0.717) is 5.92 Å². The van der Waals surface area contributed by atoms with Gasteiger partial charge in [0.1, 0.15) is 0 Å². The highest BCUT2D eigenvalue weighted by atomic mass is 16.1. The first kappa shape index (κ1) is 14.8. The minimum Gasteiger partial charge on any atom is -0.289 e. The highest BCUT2D eigenvalue weighted by Crippen LogP contribution is 2.29. The van der Waals surface area contributed by atoms with Crippen LogP contribution in [-0.2, 0) is 6.42 Å². The molecule has 1 aliphatic rings. The summed E-state index contributed by atoms with van der Waals surface area (Å²) in [6.45, 7) is 10.3. The molecule has 1 nitrogen and oxygen atoms in total. The maximum absolute atomic E-state index is 12.6. The molecule has 106 valence electrons. The van der Waals surface area contributed by atoms with Crippen LogP contribution in [0.5, 0.6) is 0 Å². The van der Waals surface area contributed by atoms with Crippen LogP contribution in [-0.4, -0.2) is 5.78 Å². The van der Waals surface area contributed by atoms with Crippen LogP contribution >= 0.6 is 0 Å². The molecule has 0 aromatic heterocycles. The zero-order chi connectivity index (χ0) is 14.7. The van der Waals surface area contributed by atoms with E-state index in [1.165, 1.54) is 5.57 Å². The fourth-order valence-corrected chi connectivity index (χ4v) is 2.92. The van der Waals surface area contributed by atoms with Crippen LogP contribution in [0.1, 0.15) is 54.6 Å². The van der Waals surface area contributed by atoms with Gasteiger partial charge in [0.05, 0.1) is 0 Å². The third-order valence-corrected chi connectivity index (χ3v) is 4.09. The molecule has 0 amide bonds. The van der Waals surface area contributed by atoms with Crippen LogP contribution in [0.4, 0.5) is 0 Å². The Labute approximate surface area is 122 Å². The first-order valence-corrected chi connectivity index (χ1v) is 7.49. The molecule has 0 aliphatic heterocycles. The summed E-state index contributed by atoms with van der Waals surface area (Å²) in [5, 5.41) is 0. The van der Waals surface area contributed by atoms with Crippen LogP contribution in [0.3, 0.4) is 0 Å². The van der Waals surface area contributed by atoms with E-state index in [4.69, 9.17) is 0 Å². The lowest BCUT2D eigenvalue weighted by Gasteiger charge is -2.21. The summed E-state index contributed by atoms with van der Waals surface area (Å²) < 4.78 is 0. The second-order valence-electron chi connectivity index (χ2n) is 6.06. The summed E-state index contributed by atoms with van der Waals surface area (Å²) in [6.07, 6.45) is 6.01. The van der Waals surface area contributed by atoms with Crippen molar-refractivity contribution in [2.45, 2.75) is 46.5 Å². The standard InChI is InChI=1S/C19H24O/c1-5-15(10-13(2)3)12-17-9-8-16-7-6-14(4)11-18(16)19(17)20/h6-7,9,11,15H,2,5,8,10,12H2,1,3-4H3. The predicted octanol–water partition coefficient (Wildman–Crippen LogP) is 5.04. The van der Waals surface area contributed by atoms with E-state index < -0.39 is 0 Å². The summed E-state index contributed by atoms with van der Waals surface area (Å²) in [7, 11) is 0. The summed E-state index contributed by atoms with van der Waals surface area (Å²) in [5.41, 5.74) is 5.44. The lowest BCUT2D eigenvalue weighted by atomic mass is 9.83. The van der Waals surface area contributed by atoms with Gasteiger partial charge in [-0.25, -0.2) is 0 Å². The van der Waals surface area contributed by atoms with Crippen molar-refractivity contribution in [1.82, 2.24) is 0 Å². The topological polar surface area (TPSA) is 17.1 Å². The third kappa shape index (κ3) is 3.27. The maximum Gasteiger partial charge on any atom is 0.189 e. The Kier molecular flexibility index (Phi) is 4.59. The molecule has 1 aromatic rings. The predicted molar refractivity (Wildman–Crippen MR) is 85.1 cm³/mol. The van der Waals surface area contributed by atoms with E-state index in [-0.39, 0.29) is 5.78 Å². The number of hydrogen-bond acceptors (Lipinski definition) is 1. The number of rotatable bonds is 5. The molecular formula is C19H24O. The number of allylic oxidation sites excluding steroid dienone is 3. The second-order valence-corrected chi connectivity index (χ2v) is 6.06. The van der Waals surface area contributed by atoms with Gasteiger partial charge in [0.2, 0.25) is 0 Å². The lowest BCUT2D eigenvalue weighted by molar-refractivity contribution is 0.102. The third-order valence-electron chi connectivity index (χ3n) is 4.09. The van der Waals surface area contributed by atoms with E-state index in [9.17, 15) is 4.79 Å². The summed E-state index contributed by atoms with van der Waals surface area (Å²) in [6, 6.07) is 6.20. The average Bonchev–Trinajstić information content (AvgIpc) is 2.41. The monoisotopic (exact) mass is 268 g/mol. The van der Waals surface area contributed by atoms with E-state index >= 15 is 0 Å². The number of fused-ring (bicyclic) bond motifs is 1. The number of ketones is 1. The minimum atomic E-state index is 0.232. The Bertz CT molecular complexity index is 563. The molecule has 1 unspecified atom stereocenters. The van der Waals surface area contributed by atoms with Gasteiger partial charge in [0, 0.05) is 5.56 Å². The van der Waals surface area contributed by atoms with Crippen molar-refractivity contribution >= 4 is 5.78 Å². The number of benzene rings is 1. The molecule has 1 atom stereocenters. The molecule has 0 fully saturated rings. The van der Waals surface area contributed by atoms with Crippen molar-refractivity contribution in [3.63, 3.8) is 0 Å². The molecule has 0 saturated heterocycles. The van der Waals surface area contributed by atoms with E-state index in [1.807, 2.05) is 13.0 Å². The van der Waals surface area contributed by atoms with Crippen LogP contribution in [0.15, 0.2) is 42.0 Å². The molecule has 1 heteroatoms. The molecule has 1 aromatic carbocycles. The fraction of sp³-hybridized carbons (Fsp3) is 0.421. The van der Waals surface area contributed by atoms with E-state index in [0.717, 1.165) is 47.9 Å². The molecule has 20 heavy (non-hydrogen) atoms. The molecule has 2 rings (SSSR count). The zero-order valence-electron chi connectivity index (χ0n) is 12.8. The molecule has 0 saturated carbocycles. The normalized spacial score (nSPS) is 15.6. The Morgan fingerprint density at radius 2 is 2.15 bits per heavy atom. The van der Waals surface area contributed by atoms with Gasteiger partial charge >= 0.3 is 0 Å². The number of hydrogen-bond donors (Lipinski definition) is 0. The number of carbonyl (C=O) groups is 1. The highest BCUT2D eigenvalue weighted by Gasteiger charge is 2.22. The quantitative estimate of drug-likeness (QED) is 0.683. The van der Waals surface area contributed by atoms with Gasteiger partial charge in [0.15, 0.2) is 5.78 Å². The Hall–Kier alpha value is -1.63. The molecule has 1 aliphatic carbocycles. The minimum absolute atomic E-state index is 0.232. The largest absolute Gasteiger partial charge is 0.289 e. The summed E-state index contributed by atoms with van der Waals surface area (Å²) >= 11 is 0. The molecule has 0 bridgehead atoms. The van der Waals surface area contributed by atoms with Gasteiger partial charge in [-0.15, -0.1) is 6.58 Å². The van der Waals surface area contributed by atoms with E-state index in [2.05, 4.69) is 38.6 Å². The Morgan fingerprint density at radius 3 is 2.80 bits per heavy atom. The van der Waals surface area contributed by atoms with Crippen LogP contribution in [0, 0.1) is 12.8 Å². The average molecular weight is 268 g/mol. The van der Waals surface area contributed by atoms with Crippen molar-refractivity contribution in [2.24, 2.45) is 5.92 Å². The molecule has 0 heterocycles. The van der Waals surface area contributed by atoms with Crippen molar-refractivity contribution in [3.8, 4) is 0 Å². The van der Waals surface area contributed by atoms with Gasteiger partial charge in [-0.3, -0.25) is 4.79 Å². The van der Waals surface area contributed by atoms with Crippen LogP contribution in [0.2, 0.25) is 0 Å². The van der Waals surface area contributed by atoms with Crippen molar-refractivity contribution in [1.29, 1.82) is 0 Å². The van der Waals surface area contributed by atoms with Gasteiger partial charge in [-0.05, 0) is 56.2 Å². The molecule has 0 spiro atoms. The van der Waals surface area contributed by atoms with E-state index in [1.54, 1.807) is 0 Å². The first-order valence-electron chi connectivity index (χ1n) is 7.49. The molecular weight excluding hydrogens is 244 g/mol. The number of carbonyl (C=O) groups excluding carboxylic acids is 1. The zero-order valence-corrected chi connectivity index (χ0v) is 12.8. The summed E-state index contributed by atoms with van der Waals surface area (Å²) in [4.78, 5) is 12.6. The number of Topliss-reactive ketones (excluding diaryl/α,β-unsaturated/α-hetero) is 1. The van der Waals surface area contributed by atoms with Crippen molar-refractivity contribution in [3.05, 3.63) is 58.7 Å². The van der Waals surface area contributed by atoms with Crippen LogP contribution in [0.25, 0.3) is 0 Å². The summed E-state index contributed by atoms with van der Waals surface area (Å²) in [5.74, 6) is 0.768. The van der Waals surface area contributed by atoms with Gasteiger partial charge in [0.25, 0.3) is 0 Å². The van der Waals surface area contributed by atoms with Crippen LogP contribution < -0.4 is 0 Å². The second kappa shape index (κ2) is 6.21. The fourth-order valence-electron chi connectivity index (χ4n) is 2.92. The Balaban J connectivity index is 2.17. The van der Waals surface area contributed by atoms with Crippen molar-refractivity contribution < 1.29 is 4.79 Å². The van der Waals surface area contributed by atoms with Gasteiger partial charge in [-0.1, -0.05) is 42.7 Å². The molecule has 0 N–H and O–H groups in total. The van der Waals surface area contributed by atoms with Gasteiger partial charge in [-0.2, -0.15) is 0 Å². The first-order chi connectivity index (χ1) is 9.51. The lowest BCUT2D eigenvalue weighted by Crippen LogP contribution is -2.15. The number of aryl methyl sites for hydroxylation is 1. The molecule has 0 radical (unpaired) electrons. The SMILES string of the molecule is C=C(C)CC(CC)CC1=CCc2ccc(C)cc2C1=O. The highest BCUT2D eigenvalue weighted by molar-refractivity contribution is 6.10.